The fraction of sp³-hybridized carbons (Fsp3) is 0. The van der Waals surface area contributed by atoms with Gasteiger partial charge in [-0.2, -0.15) is 9.67 Å². The summed E-state index contributed by atoms with van der Waals surface area (Å²) < 4.78 is 1.38. The molecule has 0 aliphatic rings. The Bertz CT molecular complexity index is 370. The molecule has 2 aromatic heterocycles. The SMILES string of the molecule is Oc1ncn(-c2cc[c]cn2)n1. The van der Waals surface area contributed by atoms with E-state index in [4.69, 9.17) is 5.11 Å². The van der Waals surface area contributed by atoms with Crippen LogP contribution in [0, 0.1) is 6.07 Å². The van der Waals surface area contributed by atoms with Gasteiger partial charge in [0.15, 0.2) is 5.82 Å². The van der Waals surface area contributed by atoms with Gasteiger partial charge >= 0.3 is 6.01 Å². The molecule has 0 spiro atoms. The minimum absolute atomic E-state index is 0.260. The Hall–Kier alpha value is -1.91. The lowest BCUT2D eigenvalue weighted by Gasteiger charge is -1.94. The highest BCUT2D eigenvalue weighted by atomic mass is 16.3. The van der Waals surface area contributed by atoms with E-state index in [0.717, 1.165) is 0 Å². The summed E-state index contributed by atoms with van der Waals surface area (Å²) in [6.07, 6.45) is 2.91. The topological polar surface area (TPSA) is 63.8 Å². The van der Waals surface area contributed by atoms with Crippen LogP contribution in [-0.2, 0) is 0 Å². The molecule has 0 fully saturated rings. The van der Waals surface area contributed by atoms with Crippen molar-refractivity contribution in [3.63, 3.8) is 0 Å². The molecule has 12 heavy (non-hydrogen) atoms. The van der Waals surface area contributed by atoms with Gasteiger partial charge in [0, 0.05) is 12.3 Å². The fourth-order valence-corrected chi connectivity index (χ4v) is 0.812. The van der Waals surface area contributed by atoms with Crippen molar-refractivity contribution in [1.29, 1.82) is 0 Å². The lowest BCUT2D eigenvalue weighted by atomic mass is 10.5. The molecule has 0 aliphatic heterocycles. The van der Waals surface area contributed by atoms with Gasteiger partial charge < -0.3 is 5.11 Å². The lowest BCUT2D eigenvalue weighted by molar-refractivity contribution is 0.430. The highest BCUT2D eigenvalue weighted by Crippen LogP contribution is 2.02. The van der Waals surface area contributed by atoms with Gasteiger partial charge in [-0.05, 0) is 12.1 Å². The Kier molecular flexibility index (Phi) is 1.48. The van der Waals surface area contributed by atoms with Gasteiger partial charge in [0.05, 0.1) is 0 Å². The van der Waals surface area contributed by atoms with Crippen LogP contribution in [0.4, 0.5) is 0 Å². The number of rotatable bonds is 1. The molecule has 1 radical (unpaired) electrons. The summed E-state index contributed by atoms with van der Waals surface area (Å²) in [5, 5.41) is 12.5. The van der Waals surface area contributed by atoms with E-state index in [2.05, 4.69) is 21.1 Å². The number of aromatic hydroxyl groups is 1. The van der Waals surface area contributed by atoms with Gasteiger partial charge in [-0.15, -0.1) is 5.10 Å². The van der Waals surface area contributed by atoms with Crippen molar-refractivity contribution in [2.75, 3.05) is 0 Å². The molecule has 0 unspecified atom stereocenters. The molecular formula is C7H5N4O. The van der Waals surface area contributed by atoms with Crippen LogP contribution >= 0.6 is 0 Å². The van der Waals surface area contributed by atoms with E-state index >= 15 is 0 Å². The van der Waals surface area contributed by atoms with Gasteiger partial charge in [0.1, 0.15) is 6.33 Å². The molecule has 0 aliphatic carbocycles. The highest BCUT2D eigenvalue weighted by Gasteiger charge is 1.99. The van der Waals surface area contributed by atoms with E-state index in [1.54, 1.807) is 12.1 Å². The molecule has 59 valence electrons. The minimum atomic E-state index is -0.260. The molecule has 1 N–H and O–H groups in total. The first-order valence-corrected chi connectivity index (χ1v) is 3.29. The first-order valence-electron chi connectivity index (χ1n) is 3.29. The van der Waals surface area contributed by atoms with Crippen LogP contribution in [0.1, 0.15) is 0 Å². The molecule has 2 rings (SSSR count). The number of pyridine rings is 1. The van der Waals surface area contributed by atoms with Crippen LogP contribution in [0.15, 0.2) is 24.7 Å². The summed E-state index contributed by atoms with van der Waals surface area (Å²) in [6.45, 7) is 0. The van der Waals surface area contributed by atoms with Gasteiger partial charge in [0.25, 0.3) is 0 Å². The maximum absolute atomic E-state index is 8.84. The summed E-state index contributed by atoms with van der Waals surface area (Å²) in [7, 11) is 0. The van der Waals surface area contributed by atoms with Gasteiger partial charge in [0.2, 0.25) is 0 Å². The van der Waals surface area contributed by atoms with Crippen molar-refractivity contribution in [3.05, 3.63) is 30.7 Å². The Labute approximate surface area is 68.3 Å². The Morgan fingerprint density at radius 1 is 1.42 bits per heavy atom. The third kappa shape index (κ3) is 1.12. The smallest absolute Gasteiger partial charge is 0.333 e. The molecule has 0 saturated carbocycles. The molecule has 0 atom stereocenters. The van der Waals surface area contributed by atoms with E-state index in [1.165, 1.54) is 17.2 Å². The Morgan fingerprint density at radius 2 is 2.33 bits per heavy atom. The maximum Gasteiger partial charge on any atom is 0.333 e. The zero-order valence-electron chi connectivity index (χ0n) is 6.05. The van der Waals surface area contributed by atoms with Crippen LogP contribution in [-0.4, -0.2) is 24.9 Å². The summed E-state index contributed by atoms with van der Waals surface area (Å²) >= 11 is 0. The average Bonchev–Trinajstić information content (AvgIpc) is 2.54. The monoisotopic (exact) mass is 161 g/mol. The molecular weight excluding hydrogens is 156 g/mol. The van der Waals surface area contributed by atoms with Crippen molar-refractivity contribution in [3.8, 4) is 11.8 Å². The van der Waals surface area contributed by atoms with E-state index in [1.807, 2.05) is 0 Å². The van der Waals surface area contributed by atoms with Crippen LogP contribution in [0.3, 0.4) is 0 Å². The maximum atomic E-state index is 8.84. The first-order chi connectivity index (χ1) is 5.86. The van der Waals surface area contributed by atoms with Gasteiger partial charge in [-0.3, -0.25) is 0 Å². The molecule has 5 heteroatoms. The lowest BCUT2D eigenvalue weighted by Crippen LogP contribution is -1.96. The quantitative estimate of drug-likeness (QED) is 0.647. The first kappa shape index (κ1) is 6.78. The van der Waals surface area contributed by atoms with Crippen LogP contribution < -0.4 is 0 Å². The third-order valence-corrected chi connectivity index (χ3v) is 1.31. The standard InChI is InChI=1S/C7H5N4O/c12-7-9-5-11(10-7)6-3-1-2-4-8-6/h1,3-5H,(H,10,12). The summed E-state index contributed by atoms with van der Waals surface area (Å²) in [4.78, 5) is 7.51. The molecule has 0 amide bonds. The average molecular weight is 161 g/mol. The second kappa shape index (κ2) is 2.61. The minimum Gasteiger partial charge on any atom is -0.478 e. The Balaban J connectivity index is 2.45. The van der Waals surface area contributed by atoms with E-state index in [9.17, 15) is 0 Å². The van der Waals surface area contributed by atoms with Crippen molar-refractivity contribution in [2.45, 2.75) is 0 Å². The van der Waals surface area contributed by atoms with Gasteiger partial charge in [-0.25, -0.2) is 4.98 Å². The summed E-state index contributed by atoms with van der Waals surface area (Å²) in [6, 6.07) is 5.94. The summed E-state index contributed by atoms with van der Waals surface area (Å²) in [5.41, 5.74) is 0. The third-order valence-electron chi connectivity index (χ3n) is 1.31. The second-order valence-electron chi connectivity index (χ2n) is 2.11. The van der Waals surface area contributed by atoms with E-state index in [0.29, 0.717) is 5.82 Å². The van der Waals surface area contributed by atoms with Crippen molar-refractivity contribution >= 4 is 0 Å². The second-order valence-corrected chi connectivity index (χ2v) is 2.11. The molecule has 0 aromatic carbocycles. The molecule has 2 aromatic rings. The molecule has 0 bridgehead atoms. The zero-order valence-corrected chi connectivity index (χ0v) is 6.05. The van der Waals surface area contributed by atoms with Crippen LogP contribution in [0.2, 0.25) is 0 Å². The number of nitrogens with zero attached hydrogens (tertiary/aromatic N) is 4. The number of aromatic nitrogens is 4. The predicted octanol–water partition coefficient (Wildman–Crippen LogP) is 0.168. The Morgan fingerprint density at radius 3 is 2.92 bits per heavy atom. The highest BCUT2D eigenvalue weighted by molar-refractivity contribution is 5.18. The van der Waals surface area contributed by atoms with Crippen molar-refractivity contribution in [1.82, 2.24) is 19.7 Å². The molecule has 5 nitrogen and oxygen atoms in total. The number of hydrogen-bond donors (Lipinski definition) is 1. The molecule has 2 heterocycles. The predicted molar refractivity (Wildman–Crippen MR) is 39.7 cm³/mol. The van der Waals surface area contributed by atoms with Crippen LogP contribution in [0.5, 0.6) is 6.01 Å². The molecule has 0 saturated heterocycles. The van der Waals surface area contributed by atoms with Crippen molar-refractivity contribution in [2.24, 2.45) is 0 Å². The van der Waals surface area contributed by atoms with Crippen LogP contribution in [0.25, 0.3) is 5.82 Å². The van der Waals surface area contributed by atoms with E-state index < -0.39 is 0 Å². The van der Waals surface area contributed by atoms with Gasteiger partial charge in [-0.1, -0.05) is 0 Å². The largest absolute Gasteiger partial charge is 0.478 e. The summed E-state index contributed by atoms with van der Waals surface area (Å²) in [5.74, 6) is 0.599. The van der Waals surface area contributed by atoms with E-state index in [-0.39, 0.29) is 6.01 Å². The normalized spacial score (nSPS) is 10.0. The number of hydrogen-bond acceptors (Lipinski definition) is 4. The zero-order chi connectivity index (χ0) is 8.39. The van der Waals surface area contributed by atoms with Crippen molar-refractivity contribution < 1.29 is 5.11 Å². The fourth-order valence-electron chi connectivity index (χ4n) is 0.812.